The van der Waals surface area contributed by atoms with Crippen LogP contribution in [0.2, 0.25) is 0 Å². The van der Waals surface area contributed by atoms with Crippen LogP contribution in [0.3, 0.4) is 0 Å². The first-order chi connectivity index (χ1) is 15.2. The molecule has 0 aliphatic heterocycles. The summed E-state index contributed by atoms with van der Waals surface area (Å²) in [6.07, 6.45) is 1.62. The van der Waals surface area contributed by atoms with E-state index in [9.17, 15) is 0 Å². The molecular formula is C23H19N5O2S. The molecule has 0 radical (unpaired) electrons. The van der Waals surface area contributed by atoms with E-state index in [1.165, 1.54) is 17.3 Å². The van der Waals surface area contributed by atoms with Gasteiger partial charge in [0.15, 0.2) is 10.9 Å². The summed E-state index contributed by atoms with van der Waals surface area (Å²) in [6, 6.07) is 21.6. The Hall–Kier alpha value is -3.65. The summed E-state index contributed by atoms with van der Waals surface area (Å²) in [4.78, 5) is 0. The molecule has 0 amide bonds. The third kappa shape index (κ3) is 3.89. The van der Waals surface area contributed by atoms with Crippen molar-refractivity contribution in [3.05, 3.63) is 84.4 Å². The van der Waals surface area contributed by atoms with Crippen molar-refractivity contribution in [2.45, 2.75) is 24.3 Å². The summed E-state index contributed by atoms with van der Waals surface area (Å²) in [5.74, 6) is 2.32. The summed E-state index contributed by atoms with van der Waals surface area (Å²) in [5.41, 5.74) is 3.02. The molecule has 7 nitrogen and oxygen atoms in total. The Bertz CT molecular complexity index is 1280. The van der Waals surface area contributed by atoms with Crippen LogP contribution in [0.1, 0.15) is 23.6 Å². The molecule has 0 aliphatic carbocycles. The molecule has 31 heavy (non-hydrogen) atoms. The number of rotatable bonds is 6. The van der Waals surface area contributed by atoms with Gasteiger partial charge in [-0.2, -0.15) is 0 Å². The van der Waals surface area contributed by atoms with E-state index in [1.54, 1.807) is 6.26 Å². The van der Waals surface area contributed by atoms with Crippen molar-refractivity contribution in [1.82, 2.24) is 25.0 Å². The molecule has 0 fully saturated rings. The van der Waals surface area contributed by atoms with E-state index in [0.717, 1.165) is 11.3 Å². The van der Waals surface area contributed by atoms with Crippen LogP contribution in [0.4, 0.5) is 0 Å². The quantitative estimate of drug-likeness (QED) is 0.318. The number of furan rings is 1. The Morgan fingerprint density at radius 2 is 1.68 bits per heavy atom. The number of para-hydroxylation sites is 1. The molecule has 0 saturated heterocycles. The second-order valence-electron chi connectivity index (χ2n) is 7.03. The predicted molar refractivity (Wildman–Crippen MR) is 118 cm³/mol. The normalized spacial score (nSPS) is 12.2. The van der Waals surface area contributed by atoms with E-state index < -0.39 is 0 Å². The molecule has 8 heteroatoms. The number of hydrogen-bond donors (Lipinski definition) is 0. The highest BCUT2D eigenvalue weighted by Gasteiger charge is 2.23. The molecule has 154 valence electrons. The van der Waals surface area contributed by atoms with E-state index >= 15 is 0 Å². The number of thioether (sulfide) groups is 1. The lowest BCUT2D eigenvalue weighted by Gasteiger charge is -2.11. The predicted octanol–water partition coefficient (Wildman–Crippen LogP) is 5.74. The van der Waals surface area contributed by atoms with E-state index in [4.69, 9.17) is 8.83 Å². The molecule has 0 bridgehead atoms. The number of hydrogen-bond acceptors (Lipinski definition) is 7. The van der Waals surface area contributed by atoms with E-state index in [2.05, 4.69) is 20.4 Å². The first-order valence-corrected chi connectivity index (χ1v) is 10.7. The third-order valence-electron chi connectivity index (χ3n) is 4.76. The Kier molecular flexibility index (Phi) is 5.13. The van der Waals surface area contributed by atoms with E-state index in [1.807, 2.05) is 85.1 Å². The Morgan fingerprint density at radius 3 is 2.42 bits per heavy atom. The zero-order valence-corrected chi connectivity index (χ0v) is 17.8. The summed E-state index contributed by atoms with van der Waals surface area (Å²) in [7, 11) is 0. The fourth-order valence-electron chi connectivity index (χ4n) is 3.14. The van der Waals surface area contributed by atoms with Gasteiger partial charge in [0.1, 0.15) is 0 Å². The van der Waals surface area contributed by atoms with Crippen LogP contribution in [0, 0.1) is 6.92 Å². The van der Waals surface area contributed by atoms with Crippen LogP contribution >= 0.6 is 11.8 Å². The summed E-state index contributed by atoms with van der Waals surface area (Å²) in [6.45, 7) is 4.05. The van der Waals surface area contributed by atoms with Crippen LogP contribution in [0.5, 0.6) is 0 Å². The van der Waals surface area contributed by atoms with Gasteiger partial charge in [0.25, 0.3) is 0 Å². The lowest BCUT2D eigenvalue weighted by atomic mass is 10.1. The number of nitrogens with zero attached hydrogens (tertiary/aromatic N) is 5. The van der Waals surface area contributed by atoms with Crippen LogP contribution in [0.15, 0.2) is 87.0 Å². The van der Waals surface area contributed by atoms with E-state index in [0.29, 0.717) is 28.5 Å². The summed E-state index contributed by atoms with van der Waals surface area (Å²) >= 11 is 1.50. The van der Waals surface area contributed by atoms with Crippen molar-refractivity contribution in [2.24, 2.45) is 0 Å². The number of benzene rings is 2. The molecule has 3 heterocycles. The smallest absolute Gasteiger partial charge is 0.247 e. The first kappa shape index (κ1) is 19.3. The van der Waals surface area contributed by atoms with Gasteiger partial charge in [-0.1, -0.05) is 47.7 Å². The van der Waals surface area contributed by atoms with Crippen LogP contribution in [-0.4, -0.2) is 25.0 Å². The zero-order valence-electron chi connectivity index (χ0n) is 17.0. The van der Waals surface area contributed by atoms with Gasteiger partial charge in [-0.15, -0.1) is 20.4 Å². The average molecular weight is 430 g/mol. The van der Waals surface area contributed by atoms with Crippen molar-refractivity contribution in [2.75, 3.05) is 0 Å². The molecule has 2 aromatic carbocycles. The SMILES string of the molecule is Cc1ccc(-c2nnc(C(C)Sc3nnc(-c4ccco4)n3-c3ccccc3)o2)cc1. The highest BCUT2D eigenvalue weighted by atomic mass is 32.2. The summed E-state index contributed by atoms with van der Waals surface area (Å²) < 4.78 is 13.5. The Balaban J connectivity index is 1.46. The van der Waals surface area contributed by atoms with Gasteiger partial charge in [-0.05, 0) is 50.2 Å². The minimum atomic E-state index is -0.122. The molecule has 1 unspecified atom stereocenters. The standard InChI is InChI=1S/C23H19N5O2S/c1-15-10-12-17(13-11-15)22-26-25-21(30-22)16(2)31-23-27-24-20(19-9-6-14-29-19)28(23)18-7-4-3-5-8-18/h3-14,16H,1-2H3. The minimum Gasteiger partial charge on any atom is -0.461 e. The van der Waals surface area contributed by atoms with E-state index in [-0.39, 0.29) is 5.25 Å². The van der Waals surface area contributed by atoms with Gasteiger partial charge in [-0.3, -0.25) is 4.57 Å². The maximum atomic E-state index is 5.95. The second kappa shape index (κ2) is 8.23. The van der Waals surface area contributed by atoms with Crippen molar-refractivity contribution < 1.29 is 8.83 Å². The van der Waals surface area contributed by atoms with Gasteiger partial charge < -0.3 is 8.83 Å². The molecular weight excluding hydrogens is 410 g/mol. The maximum Gasteiger partial charge on any atom is 0.247 e. The van der Waals surface area contributed by atoms with Gasteiger partial charge in [-0.25, -0.2) is 0 Å². The second-order valence-corrected chi connectivity index (χ2v) is 8.33. The fourth-order valence-corrected chi connectivity index (χ4v) is 4.04. The lowest BCUT2D eigenvalue weighted by Crippen LogP contribution is -2.00. The average Bonchev–Trinajstić information content (AvgIpc) is 3.55. The fraction of sp³-hybridized carbons (Fsp3) is 0.130. The molecule has 0 saturated carbocycles. The Labute approximate surface area is 183 Å². The van der Waals surface area contributed by atoms with Gasteiger partial charge in [0, 0.05) is 11.3 Å². The highest BCUT2D eigenvalue weighted by molar-refractivity contribution is 7.99. The molecule has 1 atom stereocenters. The van der Waals surface area contributed by atoms with Crippen molar-refractivity contribution in [3.63, 3.8) is 0 Å². The molecule has 0 aliphatic rings. The topological polar surface area (TPSA) is 82.8 Å². The molecule has 0 spiro atoms. The maximum absolute atomic E-state index is 5.95. The van der Waals surface area contributed by atoms with Crippen molar-refractivity contribution in [3.8, 4) is 28.7 Å². The molecule has 0 N–H and O–H groups in total. The van der Waals surface area contributed by atoms with Gasteiger partial charge in [0.2, 0.25) is 17.6 Å². The number of aryl methyl sites for hydroxylation is 1. The van der Waals surface area contributed by atoms with Crippen molar-refractivity contribution >= 4 is 11.8 Å². The molecule has 3 aromatic heterocycles. The number of aromatic nitrogens is 5. The van der Waals surface area contributed by atoms with Crippen LogP contribution in [-0.2, 0) is 0 Å². The summed E-state index contributed by atoms with van der Waals surface area (Å²) in [5, 5.41) is 17.8. The highest BCUT2D eigenvalue weighted by Crippen LogP contribution is 2.37. The first-order valence-electron chi connectivity index (χ1n) is 9.81. The monoisotopic (exact) mass is 429 g/mol. The molecule has 5 rings (SSSR count). The molecule has 5 aromatic rings. The minimum absolute atomic E-state index is 0.122. The van der Waals surface area contributed by atoms with Gasteiger partial charge >= 0.3 is 0 Å². The third-order valence-corrected chi connectivity index (χ3v) is 5.79. The Morgan fingerprint density at radius 1 is 0.871 bits per heavy atom. The van der Waals surface area contributed by atoms with Crippen molar-refractivity contribution in [1.29, 1.82) is 0 Å². The zero-order chi connectivity index (χ0) is 21.2. The van der Waals surface area contributed by atoms with Crippen LogP contribution < -0.4 is 0 Å². The van der Waals surface area contributed by atoms with Crippen LogP contribution in [0.25, 0.3) is 28.7 Å². The van der Waals surface area contributed by atoms with Gasteiger partial charge in [0.05, 0.1) is 11.5 Å². The largest absolute Gasteiger partial charge is 0.461 e. The lowest BCUT2D eigenvalue weighted by molar-refractivity contribution is 0.509.